The first kappa shape index (κ1) is 15.2. The summed E-state index contributed by atoms with van der Waals surface area (Å²) in [5, 5.41) is 10.0. The lowest BCUT2D eigenvalue weighted by Crippen LogP contribution is -2.25. The van der Waals surface area contributed by atoms with Crippen LogP contribution in [0.4, 0.5) is 8.78 Å². The molecule has 1 saturated heterocycles. The average Bonchev–Trinajstić information content (AvgIpc) is 3.14. The monoisotopic (exact) mass is 330 g/mol. The van der Waals surface area contributed by atoms with Crippen LogP contribution < -0.4 is 0 Å². The lowest BCUT2D eigenvalue weighted by molar-refractivity contribution is 0.171. The Morgan fingerprint density at radius 2 is 2.12 bits per heavy atom. The summed E-state index contributed by atoms with van der Waals surface area (Å²) in [6, 6.07) is 3.08. The highest BCUT2D eigenvalue weighted by atomic mass is 19.1. The van der Waals surface area contributed by atoms with Crippen molar-refractivity contribution < 1.29 is 13.9 Å². The summed E-state index contributed by atoms with van der Waals surface area (Å²) in [7, 11) is 0. The third kappa shape index (κ3) is 2.65. The first-order valence-corrected chi connectivity index (χ1v) is 7.75. The summed E-state index contributed by atoms with van der Waals surface area (Å²) in [5.41, 5.74) is 1.91. The van der Waals surface area contributed by atoms with Crippen molar-refractivity contribution in [2.45, 2.75) is 25.1 Å². The average molecular weight is 330 g/mol. The van der Waals surface area contributed by atoms with Crippen LogP contribution in [0, 0.1) is 11.6 Å². The van der Waals surface area contributed by atoms with Crippen molar-refractivity contribution in [2.75, 3.05) is 6.54 Å². The molecule has 1 fully saturated rings. The second-order valence-electron chi connectivity index (χ2n) is 6.05. The van der Waals surface area contributed by atoms with E-state index in [9.17, 15) is 13.9 Å². The Morgan fingerprint density at radius 3 is 3.00 bits per heavy atom. The Labute approximate surface area is 137 Å². The molecule has 24 heavy (non-hydrogen) atoms. The number of hydrogen-bond donors (Lipinski definition) is 1. The summed E-state index contributed by atoms with van der Waals surface area (Å²) in [4.78, 5) is 10.3. The Bertz CT molecular complexity index is 882. The number of halogens is 2. The van der Waals surface area contributed by atoms with E-state index >= 15 is 0 Å². The van der Waals surface area contributed by atoms with Crippen LogP contribution >= 0.6 is 0 Å². The van der Waals surface area contributed by atoms with Crippen LogP contribution in [0.25, 0.3) is 5.65 Å². The van der Waals surface area contributed by atoms with Crippen LogP contribution in [0.2, 0.25) is 0 Å². The van der Waals surface area contributed by atoms with E-state index in [1.165, 1.54) is 6.07 Å². The molecule has 0 saturated carbocycles. The minimum absolute atomic E-state index is 0.280. The van der Waals surface area contributed by atoms with Gasteiger partial charge in [0.05, 0.1) is 24.2 Å². The molecule has 0 spiro atoms. The van der Waals surface area contributed by atoms with Crippen molar-refractivity contribution >= 4 is 5.65 Å². The molecule has 0 bridgehead atoms. The van der Waals surface area contributed by atoms with Gasteiger partial charge in [-0.1, -0.05) is 0 Å². The Balaban J connectivity index is 1.67. The van der Waals surface area contributed by atoms with Crippen LogP contribution in [0.3, 0.4) is 0 Å². The fourth-order valence-electron chi connectivity index (χ4n) is 3.37. The molecule has 4 rings (SSSR count). The molecule has 124 valence electrons. The summed E-state index contributed by atoms with van der Waals surface area (Å²) < 4.78 is 29.6. The number of hydrogen-bond acceptors (Lipinski definition) is 4. The third-order valence-electron chi connectivity index (χ3n) is 4.46. The molecule has 5 nitrogen and oxygen atoms in total. The number of aliphatic hydroxyl groups excluding tert-OH is 1. The number of rotatable bonds is 3. The van der Waals surface area contributed by atoms with Gasteiger partial charge in [0.1, 0.15) is 11.6 Å². The standard InChI is InChI=1S/C17H16F2N4O/c18-11-1-2-15(19)14(5-11)16-6-13(24)10-22(16)9-12-7-21-17-8-20-3-4-23(12)17/h1-5,7-8,13,16,24H,6,9-10H2. The molecule has 1 aromatic carbocycles. The molecule has 2 aromatic heterocycles. The van der Waals surface area contributed by atoms with E-state index in [1.807, 2.05) is 15.5 Å². The summed E-state index contributed by atoms with van der Waals surface area (Å²) in [5.74, 6) is -0.934. The zero-order valence-corrected chi connectivity index (χ0v) is 12.8. The number of nitrogens with zero attached hydrogens (tertiary/aromatic N) is 4. The Morgan fingerprint density at radius 1 is 1.25 bits per heavy atom. The third-order valence-corrected chi connectivity index (χ3v) is 4.46. The minimum atomic E-state index is -0.571. The van der Waals surface area contributed by atoms with Crippen LogP contribution in [-0.2, 0) is 6.54 Å². The van der Waals surface area contributed by atoms with Gasteiger partial charge in [0.15, 0.2) is 5.65 Å². The fraction of sp³-hybridized carbons (Fsp3) is 0.294. The minimum Gasteiger partial charge on any atom is -0.392 e. The molecule has 7 heteroatoms. The topological polar surface area (TPSA) is 53.7 Å². The van der Waals surface area contributed by atoms with Gasteiger partial charge in [-0.3, -0.25) is 14.3 Å². The largest absolute Gasteiger partial charge is 0.392 e. The number of fused-ring (bicyclic) bond motifs is 1. The lowest BCUT2D eigenvalue weighted by Gasteiger charge is -2.24. The summed E-state index contributed by atoms with van der Waals surface area (Å²) in [6.07, 6.45) is 6.67. The van der Waals surface area contributed by atoms with Crippen molar-refractivity contribution in [2.24, 2.45) is 0 Å². The number of aliphatic hydroxyl groups is 1. The molecular weight excluding hydrogens is 314 g/mol. The zero-order chi connectivity index (χ0) is 16.7. The van der Waals surface area contributed by atoms with Crippen molar-refractivity contribution in [1.29, 1.82) is 0 Å². The van der Waals surface area contributed by atoms with Gasteiger partial charge in [0.2, 0.25) is 0 Å². The predicted molar refractivity (Wildman–Crippen MR) is 83.1 cm³/mol. The van der Waals surface area contributed by atoms with E-state index in [-0.39, 0.29) is 11.6 Å². The van der Waals surface area contributed by atoms with E-state index < -0.39 is 17.7 Å². The van der Waals surface area contributed by atoms with Crippen LogP contribution in [0.1, 0.15) is 23.7 Å². The molecular formula is C17H16F2N4O. The Hall–Kier alpha value is -2.38. The molecule has 1 N–H and O–H groups in total. The first-order chi connectivity index (χ1) is 11.6. The molecule has 3 aromatic rings. The molecule has 2 unspecified atom stereocenters. The van der Waals surface area contributed by atoms with Crippen LogP contribution in [0.15, 0.2) is 43.0 Å². The molecule has 0 amide bonds. The maximum Gasteiger partial charge on any atom is 0.155 e. The van der Waals surface area contributed by atoms with Gasteiger partial charge in [0.25, 0.3) is 0 Å². The van der Waals surface area contributed by atoms with Crippen molar-refractivity contribution in [1.82, 2.24) is 19.3 Å². The quantitative estimate of drug-likeness (QED) is 0.801. The molecule has 1 aliphatic heterocycles. The summed E-state index contributed by atoms with van der Waals surface area (Å²) in [6.45, 7) is 0.877. The van der Waals surface area contributed by atoms with E-state index in [4.69, 9.17) is 0 Å². The first-order valence-electron chi connectivity index (χ1n) is 7.75. The summed E-state index contributed by atoms with van der Waals surface area (Å²) >= 11 is 0. The van der Waals surface area contributed by atoms with Crippen molar-refractivity contribution in [3.8, 4) is 0 Å². The van der Waals surface area contributed by atoms with Gasteiger partial charge >= 0.3 is 0 Å². The predicted octanol–water partition coefficient (Wildman–Crippen LogP) is 2.32. The van der Waals surface area contributed by atoms with Gasteiger partial charge in [0, 0.05) is 37.1 Å². The number of likely N-dealkylation sites (tertiary alicyclic amines) is 1. The molecule has 3 heterocycles. The van der Waals surface area contributed by atoms with Crippen molar-refractivity contribution in [3.05, 3.63) is 65.9 Å². The fourth-order valence-corrected chi connectivity index (χ4v) is 3.37. The van der Waals surface area contributed by atoms with Crippen LogP contribution in [0.5, 0.6) is 0 Å². The normalized spacial score (nSPS) is 21.6. The van der Waals surface area contributed by atoms with Gasteiger partial charge in [-0.05, 0) is 24.6 Å². The van der Waals surface area contributed by atoms with E-state index in [0.717, 1.165) is 23.5 Å². The lowest BCUT2D eigenvalue weighted by atomic mass is 10.0. The maximum absolute atomic E-state index is 14.2. The van der Waals surface area contributed by atoms with Gasteiger partial charge in [-0.25, -0.2) is 13.8 Å². The van der Waals surface area contributed by atoms with E-state index in [1.54, 1.807) is 18.6 Å². The number of β-amino-alcohol motifs (C(OH)–C–C–N with tert-alkyl or cyclic N) is 1. The maximum atomic E-state index is 14.2. The second kappa shape index (κ2) is 5.92. The number of aromatic nitrogens is 3. The Kier molecular flexibility index (Phi) is 3.74. The van der Waals surface area contributed by atoms with Gasteiger partial charge in [-0.2, -0.15) is 0 Å². The van der Waals surface area contributed by atoms with Crippen molar-refractivity contribution in [3.63, 3.8) is 0 Å². The molecule has 0 aliphatic carbocycles. The van der Waals surface area contributed by atoms with Gasteiger partial charge < -0.3 is 5.11 Å². The highest BCUT2D eigenvalue weighted by Gasteiger charge is 2.34. The molecule has 1 aliphatic rings. The number of benzene rings is 1. The number of imidazole rings is 1. The smallest absolute Gasteiger partial charge is 0.155 e. The van der Waals surface area contributed by atoms with E-state index in [0.29, 0.717) is 19.5 Å². The highest BCUT2D eigenvalue weighted by molar-refractivity contribution is 5.37. The second-order valence-corrected chi connectivity index (χ2v) is 6.05. The van der Waals surface area contributed by atoms with Gasteiger partial charge in [-0.15, -0.1) is 0 Å². The highest BCUT2D eigenvalue weighted by Crippen LogP contribution is 2.35. The molecule has 2 atom stereocenters. The molecule has 0 radical (unpaired) electrons. The van der Waals surface area contributed by atoms with Crippen LogP contribution in [-0.4, -0.2) is 37.0 Å². The zero-order valence-electron chi connectivity index (χ0n) is 12.8. The SMILES string of the molecule is OC1CC(c2cc(F)ccc2F)N(Cc2cnc3cnccn23)C1. The van der Waals surface area contributed by atoms with E-state index in [2.05, 4.69) is 9.97 Å².